The normalized spacial score (nSPS) is 21.3. The molecular formula is C16H20ClN3O3. The summed E-state index contributed by atoms with van der Waals surface area (Å²) >= 11 is 5.74. The standard InChI is InChI=1S/C16H20ClN3O3/c1-2-3-12-8-11(6-7-21-12)16-19-15(20-23-16)10-22-13-4-5-14(17)18-9-13/h4-5,9,11-12H,2-3,6-8,10H2,1H3. The largest absolute Gasteiger partial charge is 0.484 e. The molecule has 0 radical (unpaired) electrons. The van der Waals surface area contributed by atoms with Gasteiger partial charge in [-0.15, -0.1) is 0 Å². The van der Waals surface area contributed by atoms with Crippen molar-refractivity contribution in [3.63, 3.8) is 0 Å². The number of nitrogens with zero attached hydrogens (tertiary/aromatic N) is 3. The van der Waals surface area contributed by atoms with Gasteiger partial charge in [-0.2, -0.15) is 4.98 Å². The second kappa shape index (κ2) is 7.75. The summed E-state index contributed by atoms with van der Waals surface area (Å²) in [5, 5.41) is 4.43. The second-order valence-corrected chi connectivity index (χ2v) is 6.04. The zero-order valence-corrected chi connectivity index (χ0v) is 13.8. The molecule has 1 aliphatic rings. The molecule has 6 nitrogen and oxygen atoms in total. The van der Waals surface area contributed by atoms with E-state index in [4.69, 9.17) is 25.6 Å². The molecule has 0 aromatic carbocycles. The van der Waals surface area contributed by atoms with Gasteiger partial charge in [0, 0.05) is 12.5 Å². The lowest BCUT2D eigenvalue weighted by atomic mass is 9.93. The Morgan fingerprint density at radius 3 is 3.09 bits per heavy atom. The fourth-order valence-corrected chi connectivity index (χ4v) is 2.83. The first-order valence-electron chi connectivity index (χ1n) is 7.93. The molecule has 2 unspecified atom stereocenters. The number of rotatable bonds is 6. The van der Waals surface area contributed by atoms with Crippen molar-refractivity contribution in [3.05, 3.63) is 35.2 Å². The Morgan fingerprint density at radius 1 is 1.39 bits per heavy atom. The van der Waals surface area contributed by atoms with Gasteiger partial charge in [-0.25, -0.2) is 4.98 Å². The second-order valence-electron chi connectivity index (χ2n) is 5.66. The number of ether oxygens (including phenoxy) is 2. The predicted octanol–water partition coefficient (Wildman–Crippen LogP) is 3.76. The molecule has 0 N–H and O–H groups in total. The summed E-state index contributed by atoms with van der Waals surface area (Å²) in [6, 6.07) is 3.43. The Bertz CT molecular complexity index is 615. The van der Waals surface area contributed by atoms with Crippen LogP contribution in [-0.4, -0.2) is 27.8 Å². The van der Waals surface area contributed by atoms with Crippen LogP contribution in [0, 0.1) is 0 Å². The third-order valence-electron chi connectivity index (χ3n) is 3.88. The molecule has 2 aromatic heterocycles. The average Bonchev–Trinajstić information content (AvgIpc) is 3.04. The van der Waals surface area contributed by atoms with Crippen LogP contribution in [0.5, 0.6) is 5.75 Å². The lowest BCUT2D eigenvalue weighted by Gasteiger charge is -2.27. The number of pyridine rings is 1. The van der Waals surface area contributed by atoms with Gasteiger partial charge >= 0.3 is 0 Å². The maximum Gasteiger partial charge on any atom is 0.230 e. The van der Waals surface area contributed by atoms with Crippen LogP contribution < -0.4 is 4.74 Å². The van der Waals surface area contributed by atoms with Crippen molar-refractivity contribution in [3.8, 4) is 5.75 Å². The minimum atomic E-state index is 0.244. The molecule has 0 amide bonds. The Kier molecular flexibility index (Phi) is 5.46. The average molecular weight is 338 g/mol. The first-order valence-corrected chi connectivity index (χ1v) is 8.31. The zero-order valence-electron chi connectivity index (χ0n) is 13.1. The Balaban J connectivity index is 1.56. The highest BCUT2D eigenvalue weighted by molar-refractivity contribution is 6.29. The van der Waals surface area contributed by atoms with Crippen LogP contribution >= 0.6 is 11.6 Å². The van der Waals surface area contributed by atoms with E-state index < -0.39 is 0 Å². The van der Waals surface area contributed by atoms with Gasteiger partial charge in [0.1, 0.15) is 10.9 Å². The fourth-order valence-electron chi connectivity index (χ4n) is 2.72. The molecule has 23 heavy (non-hydrogen) atoms. The van der Waals surface area contributed by atoms with Gasteiger partial charge < -0.3 is 14.0 Å². The van der Waals surface area contributed by atoms with Gasteiger partial charge in [0.25, 0.3) is 0 Å². The molecule has 0 bridgehead atoms. The highest BCUT2D eigenvalue weighted by Crippen LogP contribution is 2.30. The molecule has 1 saturated heterocycles. The van der Waals surface area contributed by atoms with Crippen molar-refractivity contribution in [2.75, 3.05) is 6.61 Å². The van der Waals surface area contributed by atoms with Gasteiger partial charge in [-0.1, -0.05) is 30.1 Å². The van der Waals surface area contributed by atoms with Gasteiger partial charge in [0.15, 0.2) is 6.61 Å². The van der Waals surface area contributed by atoms with Crippen LogP contribution in [0.15, 0.2) is 22.9 Å². The monoisotopic (exact) mass is 337 g/mol. The number of hydrogen-bond acceptors (Lipinski definition) is 6. The van der Waals surface area contributed by atoms with Crippen molar-refractivity contribution in [1.82, 2.24) is 15.1 Å². The molecule has 0 aliphatic carbocycles. The minimum Gasteiger partial charge on any atom is -0.484 e. The predicted molar refractivity (Wildman–Crippen MR) is 84.5 cm³/mol. The van der Waals surface area contributed by atoms with Crippen LogP contribution in [0.2, 0.25) is 5.15 Å². The van der Waals surface area contributed by atoms with Crippen LogP contribution in [0.25, 0.3) is 0 Å². The third kappa shape index (κ3) is 4.42. The molecule has 2 atom stereocenters. The highest BCUT2D eigenvalue weighted by Gasteiger charge is 2.27. The van der Waals surface area contributed by atoms with Gasteiger partial charge in [-0.05, 0) is 31.4 Å². The Labute approximate surface area is 140 Å². The molecular weight excluding hydrogens is 318 g/mol. The molecule has 2 aromatic rings. The van der Waals surface area contributed by atoms with E-state index in [0.717, 1.165) is 32.3 Å². The van der Waals surface area contributed by atoms with E-state index in [1.54, 1.807) is 18.3 Å². The topological polar surface area (TPSA) is 70.3 Å². The van der Waals surface area contributed by atoms with E-state index in [1.807, 2.05) is 0 Å². The molecule has 7 heteroatoms. The third-order valence-corrected chi connectivity index (χ3v) is 4.10. The number of aromatic nitrogens is 3. The summed E-state index contributed by atoms with van der Waals surface area (Å²) in [5.41, 5.74) is 0. The van der Waals surface area contributed by atoms with E-state index in [2.05, 4.69) is 22.0 Å². The molecule has 1 fully saturated rings. The summed E-state index contributed by atoms with van der Waals surface area (Å²) in [7, 11) is 0. The zero-order chi connectivity index (χ0) is 16.1. The molecule has 3 rings (SSSR count). The molecule has 0 saturated carbocycles. The first kappa shape index (κ1) is 16.2. The summed E-state index contributed by atoms with van der Waals surface area (Å²) in [5.74, 6) is 2.12. The lowest BCUT2D eigenvalue weighted by Crippen LogP contribution is -2.24. The lowest BCUT2D eigenvalue weighted by molar-refractivity contribution is -0.00302. The highest BCUT2D eigenvalue weighted by atomic mass is 35.5. The van der Waals surface area contributed by atoms with E-state index in [0.29, 0.717) is 28.7 Å². The van der Waals surface area contributed by atoms with Crippen molar-refractivity contribution in [1.29, 1.82) is 0 Å². The number of halogens is 1. The van der Waals surface area contributed by atoms with Crippen molar-refractivity contribution >= 4 is 11.6 Å². The maximum atomic E-state index is 5.76. The van der Waals surface area contributed by atoms with Gasteiger partial charge in [0.2, 0.25) is 11.7 Å². The smallest absolute Gasteiger partial charge is 0.230 e. The summed E-state index contributed by atoms with van der Waals surface area (Å²) in [6.07, 6.45) is 5.92. The summed E-state index contributed by atoms with van der Waals surface area (Å²) < 4.78 is 16.7. The van der Waals surface area contributed by atoms with Crippen molar-refractivity contribution < 1.29 is 14.0 Å². The summed E-state index contributed by atoms with van der Waals surface area (Å²) in [4.78, 5) is 8.41. The van der Waals surface area contributed by atoms with E-state index >= 15 is 0 Å². The SMILES string of the molecule is CCCC1CC(c2nc(COc3ccc(Cl)nc3)no2)CCO1. The quantitative estimate of drug-likeness (QED) is 0.747. The minimum absolute atomic E-state index is 0.244. The van der Waals surface area contributed by atoms with Crippen molar-refractivity contribution in [2.45, 2.75) is 51.2 Å². The van der Waals surface area contributed by atoms with E-state index in [-0.39, 0.29) is 12.5 Å². The van der Waals surface area contributed by atoms with Crippen LogP contribution in [0.3, 0.4) is 0 Å². The summed E-state index contributed by atoms with van der Waals surface area (Å²) in [6.45, 7) is 3.16. The Hall–Kier alpha value is -1.66. The maximum absolute atomic E-state index is 5.76. The van der Waals surface area contributed by atoms with Gasteiger partial charge in [-0.3, -0.25) is 0 Å². The van der Waals surface area contributed by atoms with E-state index in [1.165, 1.54) is 0 Å². The number of hydrogen-bond donors (Lipinski definition) is 0. The molecule has 0 spiro atoms. The first-order chi connectivity index (χ1) is 11.2. The fraction of sp³-hybridized carbons (Fsp3) is 0.562. The van der Waals surface area contributed by atoms with Crippen LogP contribution in [0.1, 0.15) is 50.2 Å². The van der Waals surface area contributed by atoms with Crippen LogP contribution in [-0.2, 0) is 11.3 Å². The van der Waals surface area contributed by atoms with Gasteiger partial charge in [0.05, 0.1) is 12.3 Å². The van der Waals surface area contributed by atoms with Crippen molar-refractivity contribution in [2.24, 2.45) is 0 Å². The molecule has 3 heterocycles. The van der Waals surface area contributed by atoms with E-state index in [9.17, 15) is 0 Å². The molecule has 124 valence electrons. The van der Waals surface area contributed by atoms with Crippen LogP contribution in [0.4, 0.5) is 0 Å². The Morgan fingerprint density at radius 2 is 2.30 bits per heavy atom. The molecule has 1 aliphatic heterocycles.